The third-order valence-corrected chi connectivity index (χ3v) is 9.50. The molecule has 2 unspecified atom stereocenters. The predicted octanol–water partition coefficient (Wildman–Crippen LogP) is 7.10. The molecule has 0 saturated carbocycles. The number of nitrogens with one attached hydrogen (secondary N) is 3. The number of carbonyl (C=O) groups excluding carboxylic acids is 2. The summed E-state index contributed by atoms with van der Waals surface area (Å²) in [6, 6.07) is 28.3. The molecule has 4 heterocycles. The third kappa shape index (κ3) is 4.86. The van der Waals surface area contributed by atoms with E-state index in [4.69, 9.17) is 14.7 Å². The number of carbonyl (C=O) groups is 2. The zero-order chi connectivity index (χ0) is 33.8. The molecule has 3 N–H and O–H groups in total. The summed E-state index contributed by atoms with van der Waals surface area (Å²) in [4.78, 5) is 35.5. The number of H-pyrrole nitrogens is 1. The van der Waals surface area contributed by atoms with Crippen molar-refractivity contribution in [3.05, 3.63) is 142 Å². The highest BCUT2D eigenvalue weighted by Gasteiger charge is 2.40. The Balaban J connectivity index is 1.25. The number of hydrogen-bond acceptors (Lipinski definition) is 8. The van der Waals surface area contributed by atoms with E-state index in [-0.39, 0.29) is 6.61 Å². The SMILES string of the molecule is CCOC(=O)C1=C(C)Nc2c(c(C)nn2OC(=O)C2=C(C)Nc3[nH]ncc3C2c2cccc3ccccc23)C1c1cccc2ccccc12. The minimum Gasteiger partial charge on any atom is -0.463 e. The van der Waals surface area contributed by atoms with Gasteiger partial charge in [0, 0.05) is 34.4 Å². The van der Waals surface area contributed by atoms with Crippen molar-refractivity contribution in [2.45, 2.75) is 39.5 Å². The normalized spacial score (nSPS) is 17.0. The Morgan fingerprint density at radius 3 is 2.00 bits per heavy atom. The van der Waals surface area contributed by atoms with Crippen molar-refractivity contribution in [3.8, 4) is 0 Å². The van der Waals surface area contributed by atoms with Crippen LogP contribution in [-0.4, -0.2) is 38.7 Å². The van der Waals surface area contributed by atoms with Crippen molar-refractivity contribution >= 4 is 45.1 Å². The lowest BCUT2D eigenvalue weighted by Gasteiger charge is -2.30. The Hall–Kier alpha value is -6.16. The first-order valence-electron chi connectivity index (χ1n) is 16.3. The molecule has 0 fully saturated rings. The van der Waals surface area contributed by atoms with Crippen LogP contribution < -0.4 is 15.5 Å². The van der Waals surface area contributed by atoms with Crippen molar-refractivity contribution < 1.29 is 19.2 Å². The second kappa shape index (κ2) is 11.8. The lowest BCUT2D eigenvalue weighted by Crippen LogP contribution is -2.31. The fraction of sp³-hybridized carbons (Fsp3) is 0.179. The van der Waals surface area contributed by atoms with Gasteiger partial charge in [0.05, 0.1) is 29.6 Å². The van der Waals surface area contributed by atoms with Crippen LogP contribution >= 0.6 is 0 Å². The molecule has 0 bridgehead atoms. The maximum Gasteiger partial charge on any atom is 0.364 e. The smallest absolute Gasteiger partial charge is 0.364 e. The molecule has 0 aliphatic carbocycles. The quantitative estimate of drug-likeness (QED) is 0.163. The number of aromatic nitrogens is 4. The van der Waals surface area contributed by atoms with Gasteiger partial charge in [-0.25, -0.2) is 9.59 Å². The van der Waals surface area contributed by atoms with Gasteiger partial charge in [0.25, 0.3) is 0 Å². The van der Waals surface area contributed by atoms with E-state index < -0.39 is 23.8 Å². The van der Waals surface area contributed by atoms with Gasteiger partial charge in [-0.1, -0.05) is 89.8 Å². The molecule has 8 rings (SSSR count). The molecule has 0 amide bonds. The number of anilines is 2. The standard InChI is InChI=1S/C39H34N6O4/c1-5-48-38(46)33-22(3)42-37-31(35(33)29-19-11-15-25-13-7-9-17-27(25)29)23(4)44-45(37)49-39(47)32-21(2)41-36-30(20-40-43-36)34(32)28-18-10-14-24-12-6-8-16-26(24)28/h6-20,34-35,42H,5H2,1-4H3,(H2,40,41,43). The summed E-state index contributed by atoms with van der Waals surface area (Å²) in [5.41, 5.74) is 6.21. The zero-order valence-corrected chi connectivity index (χ0v) is 27.5. The lowest BCUT2D eigenvalue weighted by molar-refractivity contribution is -0.141. The van der Waals surface area contributed by atoms with Crippen LogP contribution in [0.2, 0.25) is 0 Å². The lowest BCUT2D eigenvalue weighted by atomic mass is 9.79. The van der Waals surface area contributed by atoms with Crippen molar-refractivity contribution in [2.24, 2.45) is 0 Å². The molecule has 0 spiro atoms. The second-order valence-electron chi connectivity index (χ2n) is 12.4. The molecule has 0 saturated heterocycles. The predicted molar refractivity (Wildman–Crippen MR) is 188 cm³/mol. The van der Waals surface area contributed by atoms with Crippen LogP contribution in [0, 0.1) is 6.92 Å². The molecule has 2 atom stereocenters. The van der Waals surface area contributed by atoms with E-state index in [2.05, 4.69) is 39.0 Å². The minimum atomic E-state index is -0.568. The molecule has 0 radical (unpaired) electrons. The largest absolute Gasteiger partial charge is 0.463 e. The topological polar surface area (TPSA) is 123 Å². The second-order valence-corrected chi connectivity index (χ2v) is 12.4. The van der Waals surface area contributed by atoms with Gasteiger partial charge in [0.2, 0.25) is 0 Å². The summed E-state index contributed by atoms with van der Waals surface area (Å²) >= 11 is 0. The molecule has 10 heteroatoms. The molecule has 244 valence electrons. The summed E-state index contributed by atoms with van der Waals surface area (Å²) in [6.45, 7) is 7.57. The van der Waals surface area contributed by atoms with Gasteiger partial charge in [-0.2, -0.15) is 5.10 Å². The fourth-order valence-corrected chi connectivity index (χ4v) is 7.41. The molecule has 2 aliphatic heterocycles. The Morgan fingerprint density at radius 2 is 1.33 bits per heavy atom. The van der Waals surface area contributed by atoms with E-state index in [0.717, 1.165) is 49.6 Å². The van der Waals surface area contributed by atoms with Crippen LogP contribution in [0.1, 0.15) is 60.6 Å². The summed E-state index contributed by atoms with van der Waals surface area (Å²) in [5, 5.41) is 22.9. The minimum absolute atomic E-state index is 0.235. The highest BCUT2D eigenvalue weighted by atomic mass is 16.7. The highest BCUT2D eigenvalue weighted by Crippen LogP contribution is 2.47. The van der Waals surface area contributed by atoms with Gasteiger partial charge in [0.1, 0.15) is 5.82 Å². The first kappa shape index (κ1) is 30.2. The van der Waals surface area contributed by atoms with Gasteiger partial charge in [0.15, 0.2) is 5.82 Å². The third-order valence-electron chi connectivity index (χ3n) is 9.50. The maximum atomic E-state index is 14.5. The molecule has 6 aromatic rings. The summed E-state index contributed by atoms with van der Waals surface area (Å²) in [5.74, 6) is -0.768. The van der Waals surface area contributed by atoms with Crippen LogP contribution in [0.15, 0.2) is 114 Å². The van der Waals surface area contributed by atoms with Crippen molar-refractivity contribution in [2.75, 3.05) is 17.2 Å². The number of esters is 1. The van der Waals surface area contributed by atoms with Gasteiger partial charge in [-0.05, 0) is 60.4 Å². The average Bonchev–Trinajstić information content (AvgIpc) is 3.69. The molecule has 2 aliphatic rings. The maximum absolute atomic E-state index is 14.5. The van der Waals surface area contributed by atoms with Gasteiger partial charge >= 0.3 is 11.9 Å². The van der Waals surface area contributed by atoms with Gasteiger partial charge in [-0.15, -0.1) is 5.10 Å². The van der Waals surface area contributed by atoms with Crippen LogP contribution in [0.5, 0.6) is 0 Å². The van der Waals surface area contributed by atoms with E-state index in [1.54, 1.807) is 13.1 Å². The van der Waals surface area contributed by atoms with E-state index in [1.165, 1.54) is 4.85 Å². The van der Waals surface area contributed by atoms with Crippen molar-refractivity contribution in [3.63, 3.8) is 0 Å². The van der Waals surface area contributed by atoms with E-state index in [1.807, 2.05) is 87.5 Å². The van der Waals surface area contributed by atoms with E-state index >= 15 is 0 Å². The number of benzene rings is 4. The van der Waals surface area contributed by atoms with Crippen molar-refractivity contribution in [1.82, 2.24) is 20.1 Å². The number of allylic oxidation sites excluding steroid dienone is 2. The number of nitrogens with zero attached hydrogens (tertiary/aromatic N) is 3. The van der Waals surface area contributed by atoms with Crippen molar-refractivity contribution in [1.29, 1.82) is 0 Å². The van der Waals surface area contributed by atoms with Crippen LogP contribution in [0.4, 0.5) is 11.6 Å². The average molecular weight is 651 g/mol. The first-order chi connectivity index (χ1) is 23.9. The monoisotopic (exact) mass is 650 g/mol. The number of hydrogen-bond donors (Lipinski definition) is 3. The highest BCUT2D eigenvalue weighted by molar-refractivity contribution is 5.99. The van der Waals surface area contributed by atoms with E-state index in [0.29, 0.717) is 34.1 Å². The molecule has 4 aromatic carbocycles. The van der Waals surface area contributed by atoms with Gasteiger partial charge < -0.3 is 20.2 Å². The Morgan fingerprint density at radius 1 is 0.735 bits per heavy atom. The molecular weight excluding hydrogens is 616 g/mol. The van der Waals surface area contributed by atoms with Crippen LogP contribution in [-0.2, 0) is 14.3 Å². The Labute approximate surface area is 282 Å². The van der Waals surface area contributed by atoms with Crippen LogP contribution in [0.25, 0.3) is 21.5 Å². The Bertz CT molecular complexity index is 2370. The molecular formula is C39H34N6O4. The zero-order valence-electron chi connectivity index (χ0n) is 27.5. The number of ether oxygens (including phenoxy) is 1. The number of rotatable bonds is 6. The molecule has 10 nitrogen and oxygen atoms in total. The Kier molecular flexibility index (Phi) is 7.28. The summed E-state index contributed by atoms with van der Waals surface area (Å²) in [7, 11) is 0. The number of aromatic amines is 1. The summed E-state index contributed by atoms with van der Waals surface area (Å²) < 4.78 is 5.57. The number of fused-ring (bicyclic) bond motifs is 4. The van der Waals surface area contributed by atoms with Gasteiger partial charge in [-0.3, -0.25) is 5.10 Å². The number of aryl methyl sites for hydroxylation is 1. The molecule has 2 aromatic heterocycles. The first-order valence-corrected chi connectivity index (χ1v) is 16.3. The fourth-order valence-electron chi connectivity index (χ4n) is 7.41. The summed E-state index contributed by atoms with van der Waals surface area (Å²) in [6.07, 6.45) is 1.75. The van der Waals surface area contributed by atoms with E-state index in [9.17, 15) is 9.59 Å². The molecule has 49 heavy (non-hydrogen) atoms. The van der Waals surface area contributed by atoms with Crippen LogP contribution in [0.3, 0.4) is 0 Å².